The molecular weight excluding hydrogens is 345 g/mol. The quantitative estimate of drug-likeness (QED) is 0.839. The molecule has 1 aliphatic heterocycles. The van der Waals surface area contributed by atoms with Gasteiger partial charge in [-0.25, -0.2) is 9.18 Å². The maximum Gasteiger partial charge on any atom is 0.336 e. The summed E-state index contributed by atoms with van der Waals surface area (Å²) < 4.78 is 19.2. The van der Waals surface area contributed by atoms with Gasteiger partial charge in [-0.15, -0.1) is 0 Å². The van der Waals surface area contributed by atoms with Gasteiger partial charge >= 0.3 is 5.97 Å². The van der Waals surface area contributed by atoms with Crippen molar-refractivity contribution in [2.45, 2.75) is 19.8 Å². The zero-order valence-corrected chi connectivity index (χ0v) is 15.0. The molecule has 1 unspecified atom stereocenters. The summed E-state index contributed by atoms with van der Waals surface area (Å²) in [5.74, 6) is -1.77. The number of hydrogen-bond donors (Lipinski definition) is 1. The first kappa shape index (κ1) is 17.2. The van der Waals surface area contributed by atoms with Crippen LogP contribution >= 0.6 is 0 Å². The van der Waals surface area contributed by atoms with Gasteiger partial charge in [0.1, 0.15) is 5.82 Å². The Balaban J connectivity index is 1.94. The van der Waals surface area contributed by atoms with E-state index in [4.69, 9.17) is 4.74 Å². The number of ketones is 1. The van der Waals surface area contributed by atoms with Crippen LogP contribution in [0.15, 0.2) is 65.4 Å². The molecule has 27 heavy (non-hydrogen) atoms. The zero-order chi connectivity index (χ0) is 19.1. The number of rotatable bonds is 3. The third-order valence-electron chi connectivity index (χ3n) is 4.93. The summed E-state index contributed by atoms with van der Waals surface area (Å²) in [5.41, 5.74) is 3.99. The summed E-state index contributed by atoms with van der Waals surface area (Å²) in [5, 5.41) is 3.21. The highest BCUT2D eigenvalue weighted by Crippen LogP contribution is 2.46. The number of Topliss-reactive ketones (excluding diaryl/α,β-unsaturated/α-hetero) is 1. The number of fused-ring (bicyclic) bond motifs is 2. The fourth-order valence-corrected chi connectivity index (χ4v) is 3.83. The second-order valence-electron chi connectivity index (χ2n) is 6.54. The summed E-state index contributed by atoms with van der Waals surface area (Å²) >= 11 is 0. The van der Waals surface area contributed by atoms with Crippen molar-refractivity contribution < 1.29 is 18.7 Å². The summed E-state index contributed by atoms with van der Waals surface area (Å²) in [6, 6.07) is 13.3. The Morgan fingerprint density at radius 3 is 2.59 bits per heavy atom. The maximum atomic E-state index is 14.0. The van der Waals surface area contributed by atoms with Gasteiger partial charge in [-0.05, 0) is 31.5 Å². The molecule has 136 valence electrons. The molecule has 1 heterocycles. The van der Waals surface area contributed by atoms with Crippen molar-refractivity contribution in [3.63, 3.8) is 0 Å². The topological polar surface area (TPSA) is 55.4 Å². The molecule has 2 aromatic rings. The number of dihydropyridines is 1. The van der Waals surface area contributed by atoms with E-state index in [0.717, 1.165) is 5.56 Å². The molecule has 0 bridgehead atoms. The molecule has 4 nitrogen and oxygen atoms in total. The van der Waals surface area contributed by atoms with Crippen LogP contribution in [0.3, 0.4) is 0 Å². The van der Waals surface area contributed by atoms with Gasteiger partial charge in [-0.1, -0.05) is 36.4 Å². The van der Waals surface area contributed by atoms with Gasteiger partial charge < -0.3 is 10.1 Å². The van der Waals surface area contributed by atoms with Crippen molar-refractivity contribution in [1.29, 1.82) is 0 Å². The van der Waals surface area contributed by atoms with Crippen molar-refractivity contribution in [1.82, 2.24) is 5.32 Å². The molecule has 1 atom stereocenters. The van der Waals surface area contributed by atoms with E-state index < -0.39 is 17.7 Å². The minimum absolute atomic E-state index is 0.156. The average molecular weight is 363 g/mol. The minimum Gasteiger partial charge on any atom is -0.463 e. The van der Waals surface area contributed by atoms with Gasteiger partial charge in [0.25, 0.3) is 0 Å². The monoisotopic (exact) mass is 363 g/mol. The number of hydrogen-bond acceptors (Lipinski definition) is 4. The van der Waals surface area contributed by atoms with E-state index in [-0.39, 0.29) is 12.4 Å². The van der Waals surface area contributed by atoms with E-state index in [1.54, 1.807) is 38.1 Å². The number of carbonyl (C=O) groups is 2. The summed E-state index contributed by atoms with van der Waals surface area (Å²) in [6.45, 7) is 3.71. The maximum absolute atomic E-state index is 14.0. The molecule has 0 radical (unpaired) electrons. The molecule has 0 spiro atoms. The lowest BCUT2D eigenvalue weighted by molar-refractivity contribution is -0.138. The van der Waals surface area contributed by atoms with Crippen LogP contribution in [-0.4, -0.2) is 18.4 Å². The number of ether oxygens (including phenoxy) is 1. The predicted molar refractivity (Wildman–Crippen MR) is 99.3 cm³/mol. The first-order valence-electron chi connectivity index (χ1n) is 8.81. The Kier molecular flexibility index (Phi) is 4.15. The first-order valence-corrected chi connectivity index (χ1v) is 8.81. The molecule has 1 N–H and O–H groups in total. The van der Waals surface area contributed by atoms with Crippen molar-refractivity contribution in [3.05, 3.63) is 87.9 Å². The predicted octanol–water partition coefficient (Wildman–Crippen LogP) is 3.96. The third-order valence-corrected chi connectivity index (χ3v) is 4.93. The second kappa shape index (κ2) is 6.50. The fourth-order valence-electron chi connectivity index (χ4n) is 3.83. The summed E-state index contributed by atoms with van der Waals surface area (Å²) in [7, 11) is 0. The van der Waals surface area contributed by atoms with E-state index in [2.05, 4.69) is 5.32 Å². The highest BCUT2D eigenvalue weighted by atomic mass is 19.1. The van der Waals surface area contributed by atoms with Gasteiger partial charge in [0.05, 0.1) is 17.9 Å². The van der Waals surface area contributed by atoms with Gasteiger partial charge in [-0.2, -0.15) is 0 Å². The lowest BCUT2D eigenvalue weighted by atomic mass is 9.80. The highest BCUT2D eigenvalue weighted by molar-refractivity contribution is 6.23. The van der Waals surface area contributed by atoms with Gasteiger partial charge in [0.15, 0.2) is 5.78 Å². The fraction of sp³-hybridized carbons (Fsp3) is 0.182. The lowest BCUT2D eigenvalue weighted by Crippen LogP contribution is -2.29. The first-order chi connectivity index (χ1) is 13.0. The normalized spacial score (nSPS) is 18.2. The van der Waals surface area contributed by atoms with E-state index in [9.17, 15) is 14.0 Å². The Morgan fingerprint density at radius 1 is 1.15 bits per heavy atom. The van der Waals surface area contributed by atoms with Crippen LogP contribution < -0.4 is 5.32 Å². The largest absolute Gasteiger partial charge is 0.463 e. The van der Waals surface area contributed by atoms with E-state index in [0.29, 0.717) is 33.7 Å². The molecule has 1 aliphatic carbocycles. The van der Waals surface area contributed by atoms with Crippen LogP contribution in [-0.2, 0) is 9.53 Å². The van der Waals surface area contributed by atoms with Crippen LogP contribution in [0.2, 0.25) is 0 Å². The molecule has 4 rings (SSSR count). The summed E-state index contributed by atoms with van der Waals surface area (Å²) in [6.07, 6.45) is 0. The van der Waals surface area contributed by atoms with E-state index in [1.807, 2.05) is 12.1 Å². The second-order valence-corrected chi connectivity index (χ2v) is 6.54. The molecule has 2 aromatic carbocycles. The molecule has 0 amide bonds. The van der Waals surface area contributed by atoms with Crippen LogP contribution in [0.1, 0.15) is 41.3 Å². The Bertz CT molecular complexity index is 1040. The molecule has 0 fully saturated rings. The number of nitrogens with one attached hydrogen (secondary N) is 1. The molecular formula is C22H18FNO3. The van der Waals surface area contributed by atoms with Crippen LogP contribution in [0.4, 0.5) is 4.39 Å². The van der Waals surface area contributed by atoms with Crippen molar-refractivity contribution in [3.8, 4) is 0 Å². The number of esters is 1. The molecule has 2 aliphatic rings. The number of carbonyl (C=O) groups excluding carboxylic acids is 2. The molecule has 0 saturated heterocycles. The highest BCUT2D eigenvalue weighted by Gasteiger charge is 2.42. The van der Waals surface area contributed by atoms with Crippen LogP contribution in [0, 0.1) is 5.82 Å². The van der Waals surface area contributed by atoms with Crippen LogP contribution in [0.25, 0.3) is 5.70 Å². The number of allylic oxidation sites excluding steroid dienone is 2. The molecule has 0 saturated carbocycles. The smallest absolute Gasteiger partial charge is 0.336 e. The van der Waals surface area contributed by atoms with E-state index >= 15 is 0 Å². The van der Waals surface area contributed by atoms with E-state index in [1.165, 1.54) is 12.1 Å². The standard InChI is InChI=1S/C22H18FNO3/c1-3-27-22(26)17-12(2)24-20-15-9-4-5-10-16(15)21(25)19(20)18(17)13-7-6-8-14(23)11-13/h4-11,18,24H,3H2,1-2H3. The average Bonchev–Trinajstić information content (AvgIpc) is 2.93. The van der Waals surface area contributed by atoms with Crippen molar-refractivity contribution in [2.24, 2.45) is 0 Å². The Morgan fingerprint density at radius 2 is 1.89 bits per heavy atom. The molecule has 0 aromatic heterocycles. The third kappa shape index (κ3) is 2.67. The number of halogens is 1. The van der Waals surface area contributed by atoms with Crippen molar-refractivity contribution in [2.75, 3.05) is 6.61 Å². The van der Waals surface area contributed by atoms with Gasteiger partial charge in [0.2, 0.25) is 0 Å². The number of benzene rings is 2. The molecule has 5 heteroatoms. The summed E-state index contributed by atoms with van der Waals surface area (Å²) in [4.78, 5) is 25.9. The lowest BCUT2D eigenvalue weighted by Gasteiger charge is -2.29. The van der Waals surface area contributed by atoms with Gasteiger partial charge in [-0.3, -0.25) is 4.79 Å². The van der Waals surface area contributed by atoms with Gasteiger partial charge in [0, 0.05) is 28.3 Å². The Labute approximate surface area is 156 Å². The van der Waals surface area contributed by atoms with Crippen molar-refractivity contribution >= 4 is 17.4 Å². The minimum atomic E-state index is -0.684. The zero-order valence-electron chi connectivity index (χ0n) is 15.0. The SMILES string of the molecule is CCOC(=O)C1=C(C)NC2=C(C(=O)c3ccccc32)C1c1cccc(F)c1. The van der Waals surface area contributed by atoms with Crippen LogP contribution in [0.5, 0.6) is 0 Å². The Hall–Kier alpha value is -3.21.